The van der Waals surface area contributed by atoms with Crippen molar-refractivity contribution in [2.45, 2.75) is 32.0 Å². The van der Waals surface area contributed by atoms with E-state index in [4.69, 9.17) is 16.3 Å². The molecule has 0 aromatic rings. The Morgan fingerprint density at radius 3 is 2.70 bits per heavy atom. The van der Waals surface area contributed by atoms with E-state index in [1.165, 1.54) is 6.26 Å². The predicted molar refractivity (Wildman–Crippen MR) is 80.6 cm³/mol. The molecule has 7 heteroatoms. The number of sulfonamides is 1. The number of nitrogens with zero attached hydrogens (tertiary/aromatic N) is 2. The first kappa shape index (κ1) is 16.5. The summed E-state index contributed by atoms with van der Waals surface area (Å²) in [7, 11) is -3.06. The maximum atomic E-state index is 11.6. The van der Waals surface area contributed by atoms with Crippen LogP contribution in [0.3, 0.4) is 0 Å². The lowest BCUT2D eigenvalue weighted by Gasteiger charge is -2.39. The fraction of sp³-hybridized carbons (Fsp3) is 1.00. The highest BCUT2D eigenvalue weighted by atomic mass is 35.5. The van der Waals surface area contributed by atoms with E-state index in [0.29, 0.717) is 24.9 Å². The van der Waals surface area contributed by atoms with Gasteiger partial charge >= 0.3 is 0 Å². The van der Waals surface area contributed by atoms with Gasteiger partial charge in [-0.2, -0.15) is 0 Å². The monoisotopic (exact) mass is 324 g/mol. The van der Waals surface area contributed by atoms with Crippen LogP contribution in [0.5, 0.6) is 0 Å². The van der Waals surface area contributed by atoms with Gasteiger partial charge in [-0.3, -0.25) is 4.90 Å². The van der Waals surface area contributed by atoms with Crippen LogP contribution in [0.1, 0.15) is 19.8 Å². The normalized spacial score (nSPS) is 34.2. The second kappa shape index (κ2) is 6.92. The molecule has 0 aromatic carbocycles. The molecule has 0 radical (unpaired) electrons. The van der Waals surface area contributed by atoms with Crippen LogP contribution >= 0.6 is 11.6 Å². The summed E-state index contributed by atoms with van der Waals surface area (Å²) in [5.41, 5.74) is 0. The van der Waals surface area contributed by atoms with Crippen molar-refractivity contribution < 1.29 is 13.2 Å². The van der Waals surface area contributed by atoms with Gasteiger partial charge < -0.3 is 4.74 Å². The lowest BCUT2D eigenvalue weighted by Crippen LogP contribution is -2.51. The van der Waals surface area contributed by atoms with E-state index in [1.807, 2.05) is 0 Å². The van der Waals surface area contributed by atoms with Gasteiger partial charge in [0, 0.05) is 38.6 Å². The first-order chi connectivity index (χ1) is 9.38. The molecule has 0 saturated carbocycles. The van der Waals surface area contributed by atoms with Gasteiger partial charge in [0.2, 0.25) is 10.0 Å². The van der Waals surface area contributed by atoms with Gasteiger partial charge in [-0.05, 0) is 25.7 Å². The summed E-state index contributed by atoms with van der Waals surface area (Å²) in [6, 6.07) is 0. The Bertz CT molecular complexity index is 418. The van der Waals surface area contributed by atoms with E-state index < -0.39 is 10.0 Å². The van der Waals surface area contributed by atoms with Crippen molar-refractivity contribution in [1.29, 1.82) is 0 Å². The molecule has 20 heavy (non-hydrogen) atoms. The molecule has 3 atom stereocenters. The van der Waals surface area contributed by atoms with Crippen LogP contribution in [-0.2, 0) is 14.8 Å². The van der Waals surface area contributed by atoms with E-state index in [-0.39, 0.29) is 12.2 Å². The third-order valence-electron chi connectivity index (χ3n) is 4.04. The maximum absolute atomic E-state index is 11.6. The molecule has 0 N–H and O–H groups in total. The first-order valence-corrected chi connectivity index (χ1v) is 9.65. The lowest BCUT2D eigenvalue weighted by atomic mass is 9.98. The number of halogens is 1. The first-order valence-electron chi connectivity index (χ1n) is 7.27. The van der Waals surface area contributed by atoms with Crippen molar-refractivity contribution in [2.75, 3.05) is 44.9 Å². The Morgan fingerprint density at radius 1 is 1.30 bits per heavy atom. The minimum Gasteiger partial charge on any atom is -0.371 e. The van der Waals surface area contributed by atoms with Gasteiger partial charge in [0.25, 0.3) is 0 Å². The van der Waals surface area contributed by atoms with Crippen molar-refractivity contribution >= 4 is 21.6 Å². The summed E-state index contributed by atoms with van der Waals surface area (Å²) >= 11 is 5.90. The average molecular weight is 325 g/mol. The zero-order valence-electron chi connectivity index (χ0n) is 12.3. The summed E-state index contributed by atoms with van der Waals surface area (Å²) < 4.78 is 30.7. The largest absolute Gasteiger partial charge is 0.371 e. The molecule has 2 saturated heterocycles. The Labute approximate surface area is 127 Å². The number of ether oxygens (including phenoxy) is 1. The minimum atomic E-state index is -3.06. The zero-order chi connectivity index (χ0) is 14.8. The molecule has 3 unspecified atom stereocenters. The molecular weight excluding hydrogens is 300 g/mol. The molecule has 118 valence electrons. The number of hydrogen-bond acceptors (Lipinski definition) is 4. The molecule has 0 aliphatic carbocycles. The van der Waals surface area contributed by atoms with E-state index >= 15 is 0 Å². The quantitative estimate of drug-likeness (QED) is 0.724. The van der Waals surface area contributed by atoms with Gasteiger partial charge in [0.15, 0.2) is 0 Å². The summed E-state index contributed by atoms with van der Waals surface area (Å²) in [5, 5.41) is 0. The SMILES string of the molecule is CC1CN(CC2CCCN(S(C)(=O)=O)C2)CC(CCl)O1. The molecule has 0 spiro atoms. The Balaban J connectivity index is 1.89. The van der Waals surface area contributed by atoms with E-state index in [1.54, 1.807) is 4.31 Å². The molecule has 2 rings (SSSR count). The number of alkyl halides is 1. The van der Waals surface area contributed by atoms with Crippen molar-refractivity contribution in [1.82, 2.24) is 9.21 Å². The highest BCUT2D eigenvalue weighted by molar-refractivity contribution is 7.88. The number of morpholine rings is 1. The summed E-state index contributed by atoms with van der Waals surface area (Å²) in [6.45, 7) is 6.07. The van der Waals surface area contributed by atoms with Crippen LogP contribution in [0, 0.1) is 5.92 Å². The van der Waals surface area contributed by atoms with E-state index in [9.17, 15) is 8.42 Å². The van der Waals surface area contributed by atoms with Crippen molar-refractivity contribution in [2.24, 2.45) is 5.92 Å². The molecule has 0 aromatic heterocycles. The van der Waals surface area contributed by atoms with Crippen LogP contribution in [-0.4, -0.2) is 74.7 Å². The highest BCUT2D eigenvalue weighted by Gasteiger charge is 2.30. The Kier molecular flexibility index (Phi) is 5.71. The van der Waals surface area contributed by atoms with Gasteiger partial charge in [-0.1, -0.05) is 0 Å². The fourth-order valence-electron chi connectivity index (χ4n) is 3.22. The average Bonchev–Trinajstić information content (AvgIpc) is 2.37. The minimum absolute atomic E-state index is 0.0926. The second-order valence-electron chi connectivity index (χ2n) is 6.07. The summed E-state index contributed by atoms with van der Waals surface area (Å²) in [6.07, 6.45) is 3.65. The van der Waals surface area contributed by atoms with E-state index in [2.05, 4.69) is 11.8 Å². The van der Waals surface area contributed by atoms with Gasteiger partial charge in [-0.25, -0.2) is 12.7 Å². The highest BCUT2D eigenvalue weighted by Crippen LogP contribution is 2.21. The maximum Gasteiger partial charge on any atom is 0.211 e. The topological polar surface area (TPSA) is 49.9 Å². The van der Waals surface area contributed by atoms with E-state index in [0.717, 1.165) is 32.5 Å². The van der Waals surface area contributed by atoms with Crippen molar-refractivity contribution in [3.05, 3.63) is 0 Å². The molecule has 0 amide bonds. The molecule has 2 heterocycles. The second-order valence-corrected chi connectivity index (χ2v) is 8.36. The smallest absolute Gasteiger partial charge is 0.211 e. The van der Waals surface area contributed by atoms with Crippen molar-refractivity contribution in [3.8, 4) is 0 Å². The Morgan fingerprint density at radius 2 is 2.05 bits per heavy atom. The fourth-order valence-corrected chi connectivity index (χ4v) is 4.33. The molecule has 5 nitrogen and oxygen atoms in total. The van der Waals surface area contributed by atoms with Gasteiger partial charge in [0.1, 0.15) is 0 Å². The van der Waals surface area contributed by atoms with Crippen LogP contribution in [0.15, 0.2) is 0 Å². The van der Waals surface area contributed by atoms with Crippen LogP contribution < -0.4 is 0 Å². The molecule has 0 bridgehead atoms. The van der Waals surface area contributed by atoms with Crippen LogP contribution in [0.2, 0.25) is 0 Å². The third-order valence-corrected chi connectivity index (χ3v) is 5.66. The number of piperidine rings is 1. The van der Waals surface area contributed by atoms with Crippen molar-refractivity contribution in [3.63, 3.8) is 0 Å². The molecule has 2 aliphatic heterocycles. The third kappa shape index (κ3) is 4.56. The lowest BCUT2D eigenvalue weighted by molar-refractivity contribution is -0.0711. The van der Waals surface area contributed by atoms with Crippen LogP contribution in [0.4, 0.5) is 0 Å². The molecule has 2 aliphatic rings. The predicted octanol–water partition coefficient (Wildman–Crippen LogP) is 0.986. The van der Waals surface area contributed by atoms with Gasteiger partial charge in [0.05, 0.1) is 18.5 Å². The Hall–Kier alpha value is 0.120. The standard InChI is InChI=1S/C13H25ClN2O3S/c1-11-7-15(10-13(6-14)19-11)8-12-4-3-5-16(9-12)20(2,17)18/h11-13H,3-10H2,1-2H3. The zero-order valence-corrected chi connectivity index (χ0v) is 13.9. The summed E-state index contributed by atoms with van der Waals surface area (Å²) in [5.74, 6) is 0.931. The summed E-state index contributed by atoms with van der Waals surface area (Å²) in [4.78, 5) is 2.37. The number of rotatable bonds is 4. The van der Waals surface area contributed by atoms with Gasteiger partial charge in [-0.15, -0.1) is 11.6 Å². The molecule has 2 fully saturated rings. The van der Waals surface area contributed by atoms with Crippen LogP contribution in [0.25, 0.3) is 0 Å². The number of hydrogen-bond donors (Lipinski definition) is 0. The molecular formula is C13H25ClN2O3S.